The molecule has 37 heavy (non-hydrogen) atoms. The topological polar surface area (TPSA) is 94.9 Å². The molecule has 1 aliphatic rings. The molecule has 0 spiro atoms. The van der Waals surface area contributed by atoms with Crippen LogP contribution >= 0.6 is 23.4 Å². The number of thioether (sulfide) groups is 1. The lowest BCUT2D eigenvalue weighted by atomic mass is 9.86. The highest BCUT2D eigenvalue weighted by Crippen LogP contribution is 2.32. The highest BCUT2D eigenvalue weighted by Gasteiger charge is 2.45. The van der Waals surface area contributed by atoms with Gasteiger partial charge in [-0.15, -0.1) is 0 Å². The number of rotatable bonds is 6. The van der Waals surface area contributed by atoms with E-state index in [1.165, 1.54) is 25.3 Å². The van der Waals surface area contributed by atoms with Crippen LogP contribution in [0, 0.1) is 23.0 Å². The molecule has 0 aliphatic carbocycles. The van der Waals surface area contributed by atoms with Crippen molar-refractivity contribution in [2.75, 3.05) is 11.5 Å². The molecule has 2 heterocycles. The minimum absolute atomic E-state index is 0.0654. The standard InChI is InChI=1S/C27H23ClF2N4O2S/c1-26(23-20(29)7-4-8-21(23)30,25(36)34-27(16-31)11-13-37-14-12-27)33-24(35)17-9-10-22(32-15-17)18-5-2-3-6-19(18)28/h2-10,15H,11-14H2,1H3,(H,33,35)(H,34,36)/t26-/m0/s1. The fraction of sp³-hybridized carbons (Fsp3) is 0.259. The molecule has 2 amide bonds. The fourth-order valence-corrected chi connectivity index (χ4v) is 5.61. The van der Waals surface area contributed by atoms with Crippen LogP contribution in [0.3, 0.4) is 0 Å². The Morgan fingerprint density at radius 2 is 1.76 bits per heavy atom. The zero-order chi connectivity index (χ0) is 26.6. The lowest BCUT2D eigenvalue weighted by Crippen LogP contribution is -2.61. The van der Waals surface area contributed by atoms with Crippen molar-refractivity contribution in [3.05, 3.63) is 88.6 Å². The van der Waals surface area contributed by atoms with Crippen molar-refractivity contribution in [1.29, 1.82) is 5.26 Å². The highest BCUT2D eigenvalue weighted by atomic mass is 35.5. The first-order chi connectivity index (χ1) is 17.7. The van der Waals surface area contributed by atoms with Crippen molar-refractivity contribution in [2.24, 2.45) is 0 Å². The van der Waals surface area contributed by atoms with E-state index >= 15 is 0 Å². The quantitative estimate of drug-likeness (QED) is 0.446. The smallest absolute Gasteiger partial charge is 0.253 e. The van der Waals surface area contributed by atoms with Crippen molar-refractivity contribution in [1.82, 2.24) is 15.6 Å². The molecule has 1 aliphatic heterocycles. The van der Waals surface area contributed by atoms with E-state index in [1.807, 2.05) is 0 Å². The second kappa shape index (κ2) is 10.9. The third-order valence-electron chi connectivity index (χ3n) is 6.37. The van der Waals surface area contributed by atoms with Gasteiger partial charge in [-0.25, -0.2) is 8.78 Å². The summed E-state index contributed by atoms with van der Waals surface area (Å²) < 4.78 is 29.9. The monoisotopic (exact) mass is 540 g/mol. The molecule has 1 saturated heterocycles. The molecule has 1 aromatic heterocycles. The molecule has 2 aromatic carbocycles. The molecule has 190 valence electrons. The molecule has 0 bridgehead atoms. The lowest BCUT2D eigenvalue weighted by Gasteiger charge is -2.37. The van der Waals surface area contributed by atoms with Crippen molar-refractivity contribution in [2.45, 2.75) is 30.8 Å². The van der Waals surface area contributed by atoms with E-state index in [9.17, 15) is 23.6 Å². The Kier molecular flexibility index (Phi) is 7.81. The number of hydrogen-bond donors (Lipinski definition) is 2. The van der Waals surface area contributed by atoms with Crippen LogP contribution in [0.5, 0.6) is 0 Å². The van der Waals surface area contributed by atoms with E-state index in [0.717, 1.165) is 12.1 Å². The van der Waals surface area contributed by atoms with Gasteiger partial charge in [-0.3, -0.25) is 14.6 Å². The summed E-state index contributed by atoms with van der Waals surface area (Å²) in [6, 6.07) is 15.5. The van der Waals surface area contributed by atoms with Gasteiger partial charge in [0.1, 0.15) is 22.7 Å². The van der Waals surface area contributed by atoms with Crippen LogP contribution in [0.15, 0.2) is 60.8 Å². The second-order valence-electron chi connectivity index (χ2n) is 8.85. The molecule has 1 fully saturated rings. The average molecular weight is 541 g/mol. The molecule has 10 heteroatoms. The summed E-state index contributed by atoms with van der Waals surface area (Å²) in [5, 5.41) is 15.5. The van der Waals surface area contributed by atoms with Crippen molar-refractivity contribution in [3.8, 4) is 17.3 Å². The molecule has 0 radical (unpaired) electrons. The normalized spacial score (nSPS) is 16.2. The van der Waals surface area contributed by atoms with Gasteiger partial charge in [-0.1, -0.05) is 35.9 Å². The summed E-state index contributed by atoms with van der Waals surface area (Å²) in [7, 11) is 0. The van der Waals surface area contributed by atoms with Crippen LogP contribution in [0.1, 0.15) is 35.7 Å². The first-order valence-corrected chi connectivity index (χ1v) is 13.0. The van der Waals surface area contributed by atoms with Gasteiger partial charge in [0.15, 0.2) is 0 Å². The molecular formula is C27H23ClF2N4O2S. The molecule has 0 unspecified atom stereocenters. The SMILES string of the molecule is C[C@@](NC(=O)c1ccc(-c2ccccc2Cl)nc1)(C(=O)NC1(C#N)CCSCC1)c1c(F)cccc1F. The Labute approximate surface area is 222 Å². The number of halogens is 3. The van der Waals surface area contributed by atoms with Gasteiger partial charge >= 0.3 is 0 Å². The van der Waals surface area contributed by atoms with Gasteiger partial charge in [0.2, 0.25) is 0 Å². The van der Waals surface area contributed by atoms with Crippen LogP contribution in [0.25, 0.3) is 11.3 Å². The fourth-order valence-electron chi connectivity index (χ4n) is 4.19. The summed E-state index contributed by atoms with van der Waals surface area (Å²) in [4.78, 5) is 31.1. The van der Waals surface area contributed by atoms with E-state index in [2.05, 4.69) is 21.7 Å². The number of aromatic nitrogens is 1. The molecule has 3 aromatic rings. The Hall–Kier alpha value is -3.48. The van der Waals surface area contributed by atoms with Gasteiger partial charge in [0.05, 0.1) is 22.9 Å². The first kappa shape index (κ1) is 26.6. The average Bonchev–Trinajstić information content (AvgIpc) is 2.89. The Bertz CT molecular complexity index is 1350. The number of nitrogens with zero attached hydrogens (tertiary/aromatic N) is 2. The van der Waals surface area contributed by atoms with Crippen molar-refractivity contribution < 1.29 is 18.4 Å². The number of pyridine rings is 1. The molecular weight excluding hydrogens is 518 g/mol. The number of carbonyl (C=O) groups is 2. The zero-order valence-corrected chi connectivity index (χ0v) is 21.4. The van der Waals surface area contributed by atoms with Gasteiger partial charge in [0, 0.05) is 16.8 Å². The number of amides is 2. The predicted molar refractivity (Wildman–Crippen MR) is 139 cm³/mol. The van der Waals surface area contributed by atoms with Gasteiger partial charge in [0.25, 0.3) is 11.8 Å². The summed E-state index contributed by atoms with van der Waals surface area (Å²) in [6.45, 7) is 1.22. The van der Waals surface area contributed by atoms with Crippen molar-refractivity contribution in [3.63, 3.8) is 0 Å². The summed E-state index contributed by atoms with van der Waals surface area (Å²) >= 11 is 7.87. The van der Waals surface area contributed by atoms with Gasteiger partial charge in [-0.2, -0.15) is 17.0 Å². The second-order valence-corrected chi connectivity index (χ2v) is 10.5. The Morgan fingerprint density at radius 1 is 1.08 bits per heavy atom. The molecule has 6 nitrogen and oxygen atoms in total. The van der Waals surface area contributed by atoms with Crippen LogP contribution in [-0.2, 0) is 10.3 Å². The number of hydrogen-bond acceptors (Lipinski definition) is 5. The summed E-state index contributed by atoms with van der Waals surface area (Å²) in [5.74, 6) is -2.38. The molecule has 2 N–H and O–H groups in total. The number of benzene rings is 2. The largest absolute Gasteiger partial charge is 0.335 e. The Balaban J connectivity index is 1.67. The Morgan fingerprint density at radius 3 is 2.35 bits per heavy atom. The minimum atomic E-state index is -2.16. The lowest BCUT2D eigenvalue weighted by molar-refractivity contribution is -0.128. The zero-order valence-electron chi connectivity index (χ0n) is 19.9. The van der Waals surface area contributed by atoms with Crippen molar-refractivity contribution >= 4 is 35.2 Å². The van der Waals surface area contributed by atoms with Crippen LogP contribution in [0.2, 0.25) is 5.02 Å². The van der Waals surface area contributed by atoms with E-state index in [4.69, 9.17) is 11.6 Å². The van der Waals surface area contributed by atoms with Crippen LogP contribution in [-0.4, -0.2) is 33.8 Å². The first-order valence-electron chi connectivity index (χ1n) is 11.5. The number of carbonyl (C=O) groups excluding carboxylic acids is 2. The maximum absolute atomic E-state index is 14.9. The van der Waals surface area contributed by atoms with Crippen LogP contribution < -0.4 is 10.6 Å². The molecule has 4 rings (SSSR count). The minimum Gasteiger partial charge on any atom is -0.335 e. The maximum Gasteiger partial charge on any atom is 0.253 e. The predicted octanol–water partition coefficient (Wildman–Crippen LogP) is 5.23. The van der Waals surface area contributed by atoms with Crippen LogP contribution in [0.4, 0.5) is 8.78 Å². The number of nitrogens with one attached hydrogen (secondary N) is 2. The summed E-state index contributed by atoms with van der Waals surface area (Å²) in [5.41, 5.74) is -2.73. The molecule has 1 atom stereocenters. The molecule has 0 saturated carbocycles. The van der Waals surface area contributed by atoms with Gasteiger partial charge in [-0.05, 0) is 61.6 Å². The van der Waals surface area contributed by atoms with E-state index < -0.39 is 40.1 Å². The maximum atomic E-state index is 14.9. The third kappa shape index (κ3) is 5.45. The summed E-state index contributed by atoms with van der Waals surface area (Å²) in [6.07, 6.45) is 2.04. The van der Waals surface area contributed by atoms with Gasteiger partial charge < -0.3 is 10.6 Å². The third-order valence-corrected chi connectivity index (χ3v) is 7.68. The van der Waals surface area contributed by atoms with E-state index in [-0.39, 0.29) is 5.56 Å². The van der Waals surface area contributed by atoms with E-state index in [1.54, 1.807) is 42.1 Å². The number of nitriles is 1. The highest BCUT2D eigenvalue weighted by molar-refractivity contribution is 7.99. The van der Waals surface area contributed by atoms with E-state index in [0.29, 0.717) is 40.6 Å².